The maximum absolute atomic E-state index is 13.1. The molecule has 0 saturated carbocycles. The molecule has 0 spiro atoms. The van der Waals surface area contributed by atoms with Gasteiger partial charge in [-0.2, -0.15) is 0 Å². The van der Waals surface area contributed by atoms with E-state index >= 15 is 0 Å². The van der Waals surface area contributed by atoms with Gasteiger partial charge in [0.2, 0.25) is 11.8 Å². The summed E-state index contributed by atoms with van der Waals surface area (Å²) in [5.41, 5.74) is 0.383. The van der Waals surface area contributed by atoms with Crippen LogP contribution in [-0.2, 0) is 19.6 Å². The van der Waals surface area contributed by atoms with Gasteiger partial charge in [0.1, 0.15) is 17.6 Å². The Hall–Kier alpha value is -3.14. The van der Waals surface area contributed by atoms with Crippen molar-refractivity contribution in [1.82, 2.24) is 5.32 Å². The lowest BCUT2D eigenvalue weighted by Gasteiger charge is -2.21. The fourth-order valence-corrected chi connectivity index (χ4v) is 3.72. The molecule has 0 radical (unpaired) electrons. The van der Waals surface area contributed by atoms with Crippen molar-refractivity contribution in [2.75, 3.05) is 17.1 Å². The Morgan fingerprint density at radius 1 is 1.07 bits per heavy atom. The monoisotopic (exact) mass is 437 g/mol. The van der Waals surface area contributed by atoms with Crippen molar-refractivity contribution >= 4 is 33.2 Å². The Kier molecular flexibility index (Phi) is 7.38. The van der Waals surface area contributed by atoms with E-state index in [2.05, 4.69) is 15.4 Å². The van der Waals surface area contributed by atoms with Gasteiger partial charge < -0.3 is 15.4 Å². The van der Waals surface area contributed by atoms with E-state index < -0.39 is 27.8 Å². The minimum Gasteiger partial charge on any atom is -0.495 e. The number of hydrogen-bond donors (Lipinski definition) is 3. The third kappa shape index (κ3) is 5.93. The Bertz CT molecular complexity index is 1020. The van der Waals surface area contributed by atoms with Crippen molar-refractivity contribution in [2.45, 2.75) is 31.7 Å². The minimum absolute atomic E-state index is 0.0836. The van der Waals surface area contributed by atoms with Crippen LogP contribution in [0.2, 0.25) is 0 Å². The second kappa shape index (κ2) is 9.57. The van der Waals surface area contributed by atoms with Crippen molar-refractivity contribution in [3.05, 3.63) is 48.3 Å². The quantitative estimate of drug-likeness (QED) is 0.588. The summed E-state index contributed by atoms with van der Waals surface area (Å²) in [7, 11) is -2.65. The van der Waals surface area contributed by atoms with Crippen molar-refractivity contribution in [2.24, 2.45) is 5.92 Å². The molecule has 2 aromatic carbocycles. The van der Waals surface area contributed by atoms with Gasteiger partial charge in [0.15, 0.2) is 0 Å². The molecule has 0 saturated heterocycles. The molecule has 0 aromatic heterocycles. The van der Waals surface area contributed by atoms with E-state index in [9.17, 15) is 22.4 Å². The number of carbonyl (C=O) groups excluding carboxylic acids is 2. The molecular formula is C20H24FN3O5S. The van der Waals surface area contributed by atoms with Crippen LogP contribution in [0.5, 0.6) is 5.75 Å². The normalized spacial score (nSPS) is 12.2. The summed E-state index contributed by atoms with van der Waals surface area (Å²) in [6.45, 7) is 4.89. The summed E-state index contributed by atoms with van der Waals surface area (Å²) in [5.74, 6) is -1.29. The molecule has 0 heterocycles. The van der Waals surface area contributed by atoms with Crippen molar-refractivity contribution in [3.63, 3.8) is 0 Å². The Morgan fingerprint density at radius 2 is 1.70 bits per heavy atom. The van der Waals surface area contributed by atoms with E-state index in [4.69, 9.17) is 4.74 Å². The standard InChI is InChI=1S/C20H24FN3O5S/c1-12(2)19(22-13(3)25)20(26)23-15-7-10-18(29-4)17(11-15)24-30(27,28)16-8-5-14(21)6-9-16/h5-12,19,24H,1-4H3,(H,22,25)(H,23,26). The van der Waals surface area contributed by atoms with Crippen LogP contribution >= 0.6 is 0 Å². The third-order valence-electron chi connectivity index (χ3n) is 4.14. The molecule has 0 aliphatic carbocycles. The van der Waals surface area contributed by atoms with Gasteiger partial charge in [0.25, 0.3) is 10.0 Å². The third-order valence-corrected chi connectivity index (χ3v) is 5.52. The first-order chi connectivity index (χ1) is 14.0. The first kappa shape index (κ1) is 23.1. The molecule has 0 aliphatic heterocycles. The van der Waals surface area contributed by atoms with Gasteiger partial charge >= 0.3 is 0 Å². The highest BCUT2D eigenvalue weighted by Crippen LogP contribution is 2.30. The number of sulfonamides is 1. The van der Waals surface area contributed by atoms with Gasteiger partial charge in [-0.25, -0.2) is 12.8 Å². The van der Waals surface area contributed by atoms with Crippen LogP contribution in [0.3, 0.4) is 0 Å². The zero-order valence-corrected chi connectivity index (χ0v) is 17.8. The predicted molar refractivity (Wildman–Crippen MR) is 111 cm³/mol. The van der Waals surface area contributed by atoms with Gasteiger partial charge in [-0.05, 0) is 48.4 Å². The lowest BCUT2D eigenvalue weighted by atomic mass is 10.0. The number of nitrogens with one attached hydrogen (secondary N) is 3. The highest BCUT2D eigenvalue weighted by Gasteiger charge is 2.24. The number of hydrogen-bond acceptors (Lipinski definition) is 5. The molecule has 0 aliphatic rings. The number of ether oxygens (including phenoxy) is 1. The van der Waals surface area contributed by atoms with Gasteiger partial charge in [0, 0.05) is 12.6 Å². The first-order valence-electron chi connectivity index (χ1n) is 9.08. The van der Waals surface area contributed by atoms with Gasteiger partial charge in [-0.3, -0.25) is 14.3 Å². The van der Waals surface area contributed by atoms with Crippen LogP contribution in [0.25, 0.3) is 0 Å². The predicted octanol–water partition coefficient (Wildman–Crippen LogP) is 2.73. The maximum Gasteiger partial charge on any atom is 0.262 e. The van der Waals surface area contributed by atoms with Gasteiger partial charge in [-0.15, -0.1) is 0 Å². The lowest BCUT2D eigenvalue weighted by molar-refractivity contribution is -0.126. The van der Waals surface area contributed by atoms with Crippen LogP contribution in [0.15, 0.2) is 47.4 Å². The Labute approximate surface area is 174 Å². The van der Waals surface area contributed by atoms with Gasteiger partial charge in [0.05, 0.1) is 17.7 Å². The summed E-state index contributed by atoms with van der Waals surface area (Å²) in [6.07, 6.45) is 0. The SMILES string of the molecule is COc1ccc(NC(=O)C(NC(C)=O)C(C)C)cc1NS(=O)(=O)c1ccc(F)cc1. The second-order valence-electron chi connectivity index (χ2n) is 6.89. The molecule has 8 nitrogen and oxygen atoms in total. The fourth-order valence-electron chi connectivity index (χ4n) is 2.66. The summed E-state index contributed by atoms with van der Waals surface area (Å²) in [6, 6.07) is 8.01. The number of carbonyl (C=O) groups is 2. The molecule has 10 heteroatoms. The number of amides is 2. The van der Waals surface area contributed by atoms with E-state index in [1.807, 2.05) is 0 Å². The molecule has 2 aromatic rings. The van der Waals surface area contributed by atoms with Crippen molar-refractivity contribution < 1.29 is 27.1 Å². The lowest BCUT2D eigenvalue weighted by Crippen LogP contribution is -2.46. The van der Waals surface area contributed by atoms with E-state index in [0.29, 0.717) is 5.69 Å². The molecule has 1 atom stereocenters. The minimum atomic E-state index is -4.02. The van der Waals surface area contributed by atoms with E-state index in [-0.39, 0.29) is 28.2 Å². The van der Waals surface area contributed by atoms with Crippen LogP contribution in [0.4, 0.5) is 15.8 Å². The highest BCUT2D eigenvalue weighted by atomic mass is 32.2. The summed E-state index contributed by atoms with van der Waals surface area (Å²) in [5, 5.41) is 5.24. The number of methoxy groups -OCH3 is 1. The van der Waals surface area contributed by atoms with E-state index in [1.165, 1.54) is 32.2 Å². The van der Waals surface area contributed by atoms with Crippen LogP contribution < -0.4 is 20.1 Å². The molecular weight excluding hydrogens is 413 g/mol. The zero-order valence-electron chi connectivity index (χ0n) is 17.0. The van der Waals surface area contributed by atoms with Crippen molar-refractivity contribution in [3.8, 4) is 5.75 Å². The Balaban J connectivity index is 2.29. The summed E-state index contributed by atoms with van der Waals surface area (Å²) in [4.78, 5) is 23.8. The topological polar surface area (TPSA) is 114 Å². The first-order valence-corrected chi connectivity index (χ1v) is 10.6. The molecule has 30 heavy (non-hydrogen) atoms. The Morgan fingerprint density at radius 3 is 2.23 bits per heavy atom. The molecule has 0 bridgehead atoms. The summed E-state index contributed by atoms with van der Waals surface area (Å²) >= 11 is 0. The average molecular weight is 437 g/mol. The number of anilines is 2. The molecule has 0 fully saturated rings. The van der Waals surface area contributed by atoms with Crippen LogP contribution in [0.1, 0.15) is 20.8 Å². The maximum atomic E-state index is 13.1. The fraction of sp³-hybridized carbons (Fsp3) is 0.300. The molecule has 162 valence electrons. The smallest absolute Gasteiger partial charge is 0.262 e. The van der Waals surface area contributed by atoms with E-state index in [0.717, 1.165) is 24.3 Å². The van der Waals surface area contributed by atoms with Crippen LogP contribution in [0, 0.1) is 11.7 Å². The molecule has 3 N–H and O–H groups in total. The molecule has 1 unspecified atom stereocenters. The second-order valence-corrected chi connectivity index (χ2v) is 8.57. The molecule has 2 rings (SSSR count). The summed E-state index contributed by atoms with van der Waals surface area (Å²) < 4.78 is 45.9. The zero-order chi connectivity index (χ0) is 22.5. The van der Waals surface area contributed by atoms with E-state index in [1.54, 1.807) is 13.8 Å². The number of halogens is 1. The largest absolute Gasteiger partial charge is 0.495 e. The molecule has 2 amide bonds. The number of rotatable bonds is 8. The number of benzene rings is 2. The highest BCUT2D eigenvalue weighted by molar-refractivity contribution is 7.92. The van der Waals surface area contributed by atoms with Crippen molar-refractivity contribution in [1.29, 1.82) is 0 Å². The average Bonchev–Trinajstić information content (AvgIpc) is 2.66. The van der Waals surface area contributed by atoms with Gasteiger partial charge in [-0.1, -0.05) is 13.8 Å². The van der Waals surface area contributed by atoms with Crippen LogP contribution in [-0.4, -0.2) is 33.4 Å².